The lowest BCUT2D eigenvalue weighted by molar-refractivity contribution is -0.127. The summed E-state index contributed by atoms with van der Waals surface area (Å²) in [5.41, 5.74) is 0. The smallest absolute Gasteiger partial charge is 0.243 e. The van der Waals surface area contributed by atoms with Gasteiger partial charge in [0.15, 0.2) is 5.96 Å². The van der Waals surface area contributed by atoms with E-state index in [9.17, 15) is 4.79 Å². The third-order valence-electron chi connectivity index (χ3n) is 3.32. The normalized spacial score (nSPS) is 12.9. The molecule has 1 unspecified atom stereocenters. The highest BCUT2D eigenvalue weighted by Crippen LogP contribution is 2.02. The maximum atomic E-state index is 11.6. The van der Waals surface area contributed by atoms with Gasteiger partial charge < -0.3 is 15.5 Å². The van der Waals surface area contributed by atoms with Crippen LogP contribution in [0.4, 0.5) is 0 Å². The van der Waals surface area contributed by atoms with Crippen molar-refractivity contribution in [2.75, 3.05) is 27.2 Å². The van der Waals surface area contributed by atoms with Crippen LogP contribution in [0.3, 0.4) is 0 Å². The van der Waals surface area contributed by atoms with Crippen LogP contribution in [0.25, 0.3) is 0 Å². The molecular weight excluding hydrogens is 264 g/mol. The second kappa shape index (κ2) is 12.5. The average molecular weight is 298 g/mol. The summed E-state index contributed by atoms with van der Waals surface area (Å²) in [6.07, 6.45) is 7.10. The summed E-state index contributed by atoms with van der Waals surface area (Å²) in [5.74, 6) is 0.771. The molecule has 0 aromatic rings. The van der Waals surface area contributed by atoms with Gasteiger partial charge in [-0.05, 0) is 19.8 Å². The van der Waals surface area contributed by atoms with Gasteiger partial charge in [-0.1, -0.05) is 39.5 Å². The highest BCUT2D eigenvalue weighted by Gasteiger charge is 2.07. The van der Waals surface area contributed by atoms with Gasteiger partial charge in [0.05, 0.1) is 0 Å². The van der Waals surface area contributed by atoms with Gasteiger partial charge in [-0.2, -0.15) is 0 Å². The zero-order chi connectivity index (χ0) is 16.1. The SMILES string of the molecule is CCCCCC(C)NC(=NCC(=O)N(C)C)NCCCC. The summed E-state index contributed by atoms with van der Waals surface area (Å²) in [5, 5.41) is 6.70. The Morgan fingerprint density at radius 1 is 1.14 bits per heavy atom. The Morgan fingerprint density at radius 2 is 1.81 bits per heavy atom. The summed E-state index contributed by atoms with van der Waals surface area (Å²) < 4.78 is 0. The van der Waals surface area contributed by atoms with Crippen molar-refractivity contribution in [3.8, 4) is 0 Å². The summed E-state index contributed by atoms with van der Waals surface area (Å²) in [4.78, 5) is 17.6. The molecular formula is C16H34N4O. The highest BCUT2D eigenvalue weighted by molar-refractivity contribution is 5.84. The first-order chi connectivity index (χ1) is 10.0. The Kier molecular flexibility index (Phi) is 11.7. The fraction of sp³-hybridized carbons (Fsp3) is 0.875. The Bertz CT molecular complexity index is 303. The lowest BCUT2D eigenvalue weighted by Gasteiger charge is -2.18. The van der Waals surface area contributed by atoms with Crippen LogP contribution in [0.1, 0.15) is 59.3 Å². The van der Waals surface area contributed by atoms with E-state index in [4.69, 9.17) is 0 Å². The van der Waals surface area contributed by atoms with Crippen molar-refractivity contribution < 1.29 is 4.79 Å². The highest BCUT2D eigenvalue weighted by atomic mass is 16.2. The zero-order valence-corrected chi connectivity index (χ0v) is 14.5. The van der Waals surface area contributed by atoms with Crippen molar-refractivity contribution in [1.29, 1.82) is 0 Å². The number of unbranched alkanes of at least 4 members (excludes halogenated alkanes) is 3. The van der Waals surface area contributed by atoms with E-state index in [1.54, 1.807) is 19.0 Å². The molecule has 124 valence electrons. The second-order valence-corrected chi connectivity index (χ2v) is 5.77. The molecule has 0 saturated heterocycles. The molecule has 0 aliphatic heterocycles. The molecule has 0 bridgehead atoms. The van der Waals surface area contributed by atoms with Gasteiger partial charge in [0.25, 0.3) is 0 Å². The maximum absolute atomic E-state index is 11.6. The first-order valence-electron chi connectivity index (χ1n) is 8.26. The lowest BCUT2D eigenvalue weighted by atomic mass is 10.1. The molecule has 0 aliphatic rings. The van der Waals surface area contributed by atoms with E-state index >= 15 is 0 Å². The van der Waals surface area contributed by atoms with Crippen molar-refractivity contribution in [3.63, 3.8) is 0 Å². The van der Waals surface area contributed by atoms with E-state index in [1.165, 1.54) is 19.3 Å². The average Bonchev–Trinajstić information content (AvgIpc) is 2.44. The molecule has 2 N–H and O–H groups in total. The quantitative estimate of drug-likeness (QED) is 0.370. The maximum Gasteiger partial charge on any atom is 0.243 e. The van der Waals surface area contributed by atoms with Crippen molar-refractivity contribution in [1.82, 2.24) is 15.5 Å². The third kappa shape index (κ3) is 11.1. The molecule has 21 heavy (non-hydrogen) atoms. The van der Waals surface area contributed by atoms with Crippen molar-refractivity contribution in [3.05, 3.63) is 0 Å². The Hall–Kier alpha value is -1.26. The number of hydrogen-bond donors (Lipinski definition) is 2. The topological polar surface area (TPSA) is 56.7 Å². The summed E-state index contributed by atoms with van der Waals surface area (Å²) >= 11 is 0. The van der Waals surface area contributed by atoms with E-state index in [-0.39, 0.29) is 12.5 Å². The molecule has 0 aromatic heterocycles. The van der Waals surface area contributed by atoms with Gasteiger partial charge in [0.2, 0.25) is 5.91 Å². The molecule has 0 aromatic carbocycles. The van der Waals surface area contributed by atoms with E-state index in [1.807, 2.05) is 0 Å². The molecule has 0 rings (SSSR count). The van der Waals surface area contributed by atoms with E-state index in [0.717, 1.165) is 31.8 Å². The number of guanidine groups is 1. The number of aliphatic imine (C=N–C) groups is 1. The molecule has 0 radical (unpaired) electrons. The van der Waals surface area contributed by atoms with Gasteiger partial charge in [0, 0.05) is 26.7 Å². The van der Waals surface area contributed by atoms with Crippen LogP contribution in [-0.2, 0) is 4.79 Å². The number of carbonyl (C=O) groups excluding carboxylic acids is 1. The minimum absolute atomic E-state index is 0.0187. The number of likely N-dealkylation sites (N-methyl/N-ethyl adjacent to an activating group) is 1. The van der Waals surface area contributed by atoms with Crippen molar-refractivity contribution >= 4 is 11.9 Å². The molecule has 0 heterocycles. The largest absolute Gasteiger partial charge is 0.356 e. The minimum Gasteiger partial charge on any atom is -0.356 e. The fourth-order valence-corrected chi connectivity index (χ4v) is 1.83. The number of nitrogens with one attached hydrogen (secondary N) is 2. The molecule has 0 fully saturated rings. The Labute approximate surface area is 130 Å². The zero-order valence-electron chi connectivity index (χ0n) is 14.5. The van der Waals surface area contributed by atoms with Crippen LogP contribution in [0, 0.1) is 0 Å². The number of amides is 1. The van der Waals surface area contributed by atoms with Gasteiger partial charge in [-0.3, -0.25) is 4.79 Å². The first-order valence-corrected chi connectivity index (χ1v) is 8.26. The molecule has 1 amide bonds. The van der Waals surface area contributed by atoms with Crippen molar-refractivity contribution in [2.45, 2.75) is 65.3 Å². The van der Waals surface area contributed by atoms with Crippen LogP contribution in [0.5, 0.6) is 0 Å². The summed E-state index contributed by atoms with van der Waals surface area (Å²) in [7, 11) is 3.51. The van der Waals surface area contributed by atoms with E-state index in [0.29, 0.717) is 6.04 Å². The molecule has 5 nitrogen and oxygen atoms in total. The van der Waals surface area contributed by atoms with Gasteiger partial charge >= 0.3 is 0 Å². The van der Waals surface area contributed by atoms with E-state index in [2.05, 4.69) is 36.4 Å². The van der Waals surface area contributed by atoms with Crippen molar-refractivity contribution in [2.24, 2.45) is 4.99 Å². The van der Waals surface area contributed by atoms with Crippen LogP contribution in [0.2, 0.25) is 0 Å². The first kappa shape index (κ1) is 19.7. The minimum atomic E-state index is 0.0187. The third-order valence-corrected chi connectivity index (χ3v) is 3.32. The molecule has 0 saturated carbocycles. The van der Waals surface area contributed by atoms with Gasteiger partial charge in [-0.25, -0.2) is 4.99 Å². The lowest BCUT2D eigenvalue weighted by Crippen LogP contribution is -2.43. The number of nitrogens with zero attached hydrogens (tertiary/aromatic N) is 2. The van der Waals surface area contributed by atoms with Crippen LogP contribution in [0.15, 0.2) is 4.99 Å². The molecule has 5 heteroatoms. The molecule has 0 aliphatic carbocycles. The Morgan fingerprint density at radius 3 is 2.38 bits per heavy atom. The van der Waals surface area contributed by atoms with Crippen LogP contribution >= 0.6 is 0 Å². The Balaban J connectivity index is 4.36. The number of rotatable bonds is 10. The van der Waals surface area contributed by atoms with Gasteiger partial charge in [0.1, 0.15) is 6.54 Å². The monoisotopic (exact) mass is 298 g/mol. The van der Waals surface area contributed by atoms with Crippen LogP contribution < -0.4 is 10.6 Å². The molecule has 1 atom stereocenters. The second-order valence-electron chi connectivity index (χ2n) is 5.77. The van der Waals surface area contributed by atoms with Gasteiger partial charge in [-0.15, -0.1) is 0 Å². The number of carbonyl (C=O) groups is 1. The predicted octanol–water partition coefficient (Wildman–Crippen LogP) is 2.38. The standard InChI is InChI=1S/C16H34N4O/c1-6-8-10-11-14(3)19-16(17-12-9-7-2)18-13-15(21)20(4)5/h14H,6-13H2,1-5H3,(H2,17,18,19). The number of hydrogen-bond acceptors (Lipinski definition) is 2. The van der Waals surface area contributed by atoms with E-state index < -0.39 is 0 Å². The predicted molar refractivity (Wildman–Crippen MR) is 90.6 cm³/mol. The fourth-order valence-electron chi connectivity index (χ4n) is 1.83. The summed E-state index contributed by atoms with van der Waals surface area (Å²) in [6.45, 7) is 7.62. The van der Waals surface area contributed by atoms with Crippen LogP contribution in [-0.4, -0.2) is 50.0 Å². The summed E-state index contributed by atoms with van der Waals surface area (Å²) in [6, 6.07) is 0.374. The molecule has 0 spiro atoms.